The molecule has 0 radical (unpaired) electrons. The number of para-hydroxylation sites is 1. The molecule has 122 valence electrons. The van der Waals surface area contributed by atoms with E-state index in [-0.39, 0.29) is 12.1 Å². The van der Waals surface area contributed by atoms with Crippen molar-refractivity contribution >= 4 is 21.9 Å². The zero-order valence-electron chi connectivity index (χ0n) is 13.2. The molecule has 0 amide bonds. The van der Waals surface area contributed by atoms with Gasteiger partial charge in [-0.3, -0.25) is 0 Å². The molecule has 4 rings (SSSR count). The molecule has 0 aliphatic carbocycles. The van der Waals surface area contributed by atoms with Crippen LogP contribution in [0.15, 0.2) is 59.3 Å². The molecule has 1 N–H and O–H groups in total. The van der Waals surface area contributed by atoms with Crippen molar-refractivity contribution in [3.63, 3.8) is 0 Å². The van der Waals surface area contributed by atoms with E-state index >= 15 is 0 Å². The first kappa shape index (κ1) is 15.2. The van der Waals surface area contributed by atoms with E-state index in [9.17, 15) is 0 Å². The minimum atomic E-state index is 0.0774. The molecule has 5 nitrogen and oxygen atoms in total. The van der Waals surface area contributed by atoms with Crippen LogP contribution in [0, 0.1) is 0 Å². The van der Waals surface area contributed by atoms with Crippen LogP contribution in [0.5, 0.6) is 5.75 Å². The van der Waals surface area contributed by atoms with Crippen LogP contribution in [0.4, 0.5) is 5.95 Å². The molecule has 0 saturated heterocycles. The summed E-state index contributed by atoms with van der Waals surface area (Å²) in [5.41, 5.74) is 2.35. The lowest BCUT2D eigenvalue weighted by Gasteiger charge is -2.32. The predicted octanol–water partition coefficient (Wildman–Crippen LogP) is 4.20. The topological polar surface area (TPSA) is 52.0 Å². The second-order valence-corrected chi connectivity index (χ2v) is 6.69. The third-order valence-corrected chi connectivity index (χ3v) is 4.93. The number of nitrogens with zero attached hydrogens (tertiary/aromatic N) is 3. The standard InChI is InChI=1S/C18H17BrN4O/c1-24-17-5-3-2-4-14(17)16-10-15(12-6-8-13(19)9-7-12)22-18-20-11-21-23(16)18/h2-9,11,15-16H,10H2,1H3,(H,20,21,22). The molecule has 2 atom stereocenters. The van der Waals surface area contributed by atoms with Crippen LogP contribution >= 0.6 is 15.9 Å². The fourth-order valence-corrected chi connectivity index (χ4v) is 3.50. The number of aromatic nitrogens is 3. The summed E-state index contributed by atoms with van der Waals surface area (Å²) in [6, 6.07) is 16.7. The Labute approximate surface area is 148 Å². The Morgan fingerprint density at radius 2 is 1.96 bits per heavy atom. The maximum Gasteiger partial charge on any atom is 0.222 e. The average Bonchev–Trinajstić information content (AvgIpc) is 3.10. The molecule has 0 spiro atoms. The first-order valence-corrected chi connectivity index (χ1v) is 8.60. The minimum Gasteiger partial charge on any atom is -0.496 e. The van der Waals surface area contributed by atoms with E-state index in [0.29, 0.717) is 0 Å². The highest BCUT2D eigenvalue weighted by molar-refractivity contribution is 9.10. The van der Waals surface area contributed by atoms with Gasteiger partial charge in [-0.1, -0.05) is 46.3 Å². The highest BCUT2D eigenvalue weighted by Crippen LogP contribution is 2.40. The van der Waals surface area contributed by atoms with Gasteiger partial charge in [-0.2, -0.15) is 10.1 Å². The summed E-state index contributed by atoms with van der Waals surface area (Å²) in [6.07, 6.45) is 2.47. The Balaban J connectivity index is 1.75. The zero-order valence-corrected chi connectivity index (χ0v) is 14.8. The number of ether oxygens (including phenoxy) is 1. The van der Waals surface area contributed by atoms with Crippen molar-refractivity contribution in [1.29, 1.82) is 0 Å². The molecule has 3 aromatic rings. The summed E-state index contributed by atoms with van der Waals surface area (Å²) < 4.78 is 8.57. The van der Waals surface area contributed by atoms with Crippen LogP contribution < -0.4 is 10.1 Å². The predicted molar refractivity (Wildman–Crippen MR) is 96.3 cm³/mol. The molecule has 0 saturated carbocycles. The Bertz CT molecular complexity index is 846. The molecule has 1 aromatic heterocycles. The molecule has 2 unspecified atom stereocenters. The van der Waals surface area contributed by atoms with E-state index in [4.69, 9.17) is 4.74 Å². The summed E-state index contributed by atoms with van der Waals surface area (Å²) in [5, 5.41) is 7.90. The second-order valence-electron chi connectivity index (χ2n) is 5.77. The number of halogens is 1. The van der Waals surface area contributed by atoms with Crippen LogP contribution in [0.25, 0.3) is 0 Å². The summed E-state index contributed by atoms with van der Waals surface area (Å²) in [6.45, 7) is 0. The van der Waals surface area contributed by atoms with Crippen LogP contribution in [-0.2, 0) is 0 Å². The monoisotopic (exact) mass is 384 g/mol. The summed E-state index contributed by atoms with van der Waals surface area (Å²) in [7, 11) is 1.70. The van der Waals surface area contributed by atoms with Crippen molar-refractivity contribution < 1.29 is 4.74 Å². The molecule has 1 aliphatic rings. The Morgan fingerprint density at radius 3 is 2.75 bits per heavy atom. The van der Waals surface area contributed by atoms with Crippen LogP contribution in [0.3, 0.4) is 0 Å². The van der Waals surface area contributed by atoms with E-state index in [1.807, 2.05) is 22.9 Å². The number of anilines is 1. The number of rotatable bonds is 3. The minimum absolute atomic E-state index is 0.0774. The fraction of sp³-hybridized carbons (Fsp3) is 0.222. The quantitative estimate of drug-likeness (QED) is 0.735. The van der Waals surface area contributed by atoms with Crippen molar-refractivity contribution in [2.24, 2.45) is 0 Å². The van der Waals surface area contributed by atoms with E-state index < -0.39 is 0 Å². The number of hydrogen-bond donors (Lipinski definition) is 1. The normalized spacial score (nSPS) is 19.4. The van der Waals surface area contributed by atoms with Crippen molar-refractivity contribution in [2.75, 3.05) is 12.4 Å². The molecular weight excluding hydrogens is 368 g/mol. The van der Waals surface area contributed by atoms with Gasteiger partial charge in [0.1, 0.15) is 12.1 Å². The van der Waals surface area contributed by atoms with Crippen LogP contribution in [-0.4, -0.2) is 21.9 Å². The third kappa shape index (κ3) is 2.67. The maximum absolute atomic E-state index is 5.56. The Kier molecular flexibility index (Phi) is 3.98. The number of benzene rings is 2. The lowest BCUT2D eigenvalue weighted by molar-refractivity contribution is 0.380. The van der Waals surface area contributed by atoms with Gasteiger partial charge in [0.2, 0.25) is 5.95 Å². The smallest absolute Gasteiger partial charge is 0.222 e. The summed E-state index contributed by atoms with van der Waals surface area (Å²) >= 11 is 3.49. The zero-order chi connectivity index (χ0) is 16.5. The van der Waals surface area contributed by atoms with Gasteiger partial charge < -0.3 is 10.1 Å². The lowest BCUT2D eigenvalue weighted by Crippen LogP contribution is -2.28. The van der Waals surface area contributed by atoms with Gasteiger partial charge in [-0.25, -0.2) is 4.68 Å². The number of fused-ring (bicyclic) bond motifs is 1. The number of nitrogens with one attached hydrogen (secondary N) is 1. The first-order chi connectivity index (χ1) is 11.8. The van der Waals surface area contributed by atoms with Gasteiger partial charge in [0.05, 0.1) is 19.2 Å². The van der Waals surface area contributed by atoms with Gasteiger partial charge in [-0.05, 0) is 30.2 Å². The summed E-state index contributed by atoms with van der Waals surface area (Å²) in [5.74, 6) is 1.66. The molecule has 0 bridgehead atoms. The van der Waals surface area contributed by atoms with Crippen molar-refractivity contribution in [1.82, 2.24) is 14.8 Å². The average molecular weight is 385 g/mol. The fourth-order valence-electron chi connectivity index (χ4n) is 3.23. The van der Waals surface area contributed by atoms with E-state index in [0.717, 1.165) is 28.2 Å². The second kappa shape index (κ2) is 6.28. The number of methoxy groups -OCH3 is 1. The highest BCUT2D eigenvalue weighted by atomic mass is 79.9. The molecule has 6 heteroatoms. The molecule has 2 heterocycles. The maximum atomic E-state index is 5.56. The summed E-state index contributed by atoms with van der Waals surface area (Å²) in [4.78, 5) is 4.37. The van der Waals surface area contributed by atoms with E-state index in [1.165, 1.54) is 5.56 Å². The van der Waals surface area contributed by atoms with E-state index in [2.05, 4.69) is 61.7 Å². The van der Waals surface area contributed by atoms with Crippen LogP contribution in [0.1, 0.15) is 29.6 Å². The Hall–Kier alpha value is -2.34. The first-order valence-electron chi connectivity index (χ1n) is 7.80. The molecule has 1 aliphatic heterocycles. The van der Waals surface area contributed by atoms with Gasteiger partial charge in [0, 0.05) is 10.0 Å². The highest BCUT2D eigenvalue weighted by Gasteiger charge is 2.31. The lowest BCUT2D eigenvalue weighted by atomic mass is 9.93. The molecular formula is C18H17BrN4O. The van der Waals surface area contributed by atoms with Crippen molar-refractivity contribution in [3.05, 3.63) is 70.5 Å². The van der Waals surface area contributed by atoms with Crippen molar-refractivity contribution in [3.8, 4) is 5.75 Å². The Morgan fingerprint density at radius 1 is 1.17 bits per heavy atom. The van der Waals surface area contributed by atoms with Crippen LogP contribution in [0.2, 0.25) is 0 Å². The van der Waals surface area contributed by atoms with E-state index in [1.54, 1.807) is 13.4 Å². The van der Waals surface area contributed by atoms with Gasteiger partial charge in [-0.15, -0.1) is 0 Å². The molecule has 0 fully saturated rings. The van der Waals surface area contributed by atoms with Gasteiger partial charge in [0.25, 0.3) is 0 Å². The van der Waals surface area contributed by atoms with Gasteiger partial charge in [0.15, 0.2) is 0 Å². The van der Waals surface area contributed by atoms with Crippen molar-refractivity contribution in [2.45, 2.75) is 18.5 Å². The SMILES string of the molecule is COc1ccccc1C1CC(c2ccc(Br)cc2)Nc2ncnn21. The largest absolute Gasteiger partial charge is 0.496 e. The van der Waals surface area contributed by atoms with Gasteiger partial charge >= 0.3 is 0 Å². The molecule has 24 heavy (non-hydrogen) atoms. The number of hydrogen-bond acceptors (Lipinski definition) is 4. The molecule has 2 aromatic carbocycles. The third-order valence-electron chi connectivity index (χ3n) is 4.40.